The van der Waals surface area contributed by atoms with Crippen molar-refractivity contribution >= 4 is 22.7 Å². The van der Waals surface area contributed by atoms with E-state index in [-0.39, 0.29) is 0 Å². The fourth-order valence-electron chi connectivity index (χ4n) is 3.36. The Morgan fingerprint density at radius 3 is 1.46 bits per heavy atom. The Morgan fingerprint density at radius 2 is 1.00 bits per heavy atom. The standard InChI is InChI=1S/C20H24N4/c1-13-14-9-5-6-10-15(14)19(21-2)20(22-3)17-12-8-7-11-16(17)18(13)24-23-4/h5-12,21-24H,1-4H3/b14-13?,18-13+,18-16?,19-15?,20-17?,20-19-. The van der Waals surface area contributed by atoms with E-state index in [1.165, 1.54) is 16.7 Å². The molecule has 0 spiro atoms. The number of allylic oxidation sites excluding steroid dienone is 1. The SMILES string of the molecule is CNN/C1=C(\C)c2ccccc2/C(NC)=C(/NC)c2ccccc21. The first kappa shape index (κ1) is 16.1. The molecule has 3 rings (SSSR count). The van der Waals surface area contributed by atoms with Gasteiger partial charge in [-0.2, -0.15) is 0 Å². The molecule has 0 bridgehead atoms. The van der Waals surface area contributed by atoms with Crippen molar-refractivity contribution in [2.24, 2.45) is 0 Å². The molecule has 0 saturated heterocycles. The topological polar surface area (TPSA) is 48.1 Å². The molecule has 0 fully saturated rings. The van der Waals surface area contributed by atoms with E-state index in [4.69, 9.17) is 0 Å². The van der Waals surface area contributed by atoms with Crippen LogP contribution in [0.3, 0.4) is 0 Å². The van der Waals surface area contributed by atoms with Gasteiger partial charge in [-0.25, -0.2) is 5.43 Å². The van der Waals surface area contributed by atoms with E-state index in [1.54, 1.807) is 0 Å². The first-order valence-corrected chi connectivity index (χ1v) is 8.15. The molecule has 0 saturated carbocycles. The molecule has 2 aromatic carbocycles. The van der Waals surface area contributed by atoms with Crippen LogP contribution < -0.4 is 21.5 Å². The van der Waals surface area contributed by atoms with Crippen LogP contribution in [0.2, 0.25) is 0 Å². The lowest BCUT2D eigenvalue weighted by atomic mass is 9.88. The number of nitrogens with one attached hydrogen (secondary N) is 4. The van der Waals surface area contributed by atoms with Gasteiger partial charge in [-0.1, -0.05) is 48.5 Å². The Hall–Kier alpha value is -2.72. The second kappa shape index (κ2) is 6.81. The molecule has 4 nitrogen and oxygen atoms in total. The van der Waals surface area contributed by atoms with E-state index in [0.29, 0.717) is 0 Å². The fourth-order valence-corrected chi connectivity index (χ4v) is 3.36. The van der Waals surface area contributed by atoms with Gasteiger partial charge in [0.15, 0.2) is 0 Å². The lowest BCUT2D eigenvalue weighted by molar-refractivity contribution is 0.748. The summed E-state index contributed by atoms with van der Waals surface area (Å²) in [5.41, 5.74) is 15.6. The minimum Gasteiger partial charge on any atom is -0.386 e. The largest absolute Gasteiger partial charge is 0.386 e. The van der Waals surface area contributed by atoms with Gasteiger partial charge in [0.05, 0.1) is 17.1 Å². The lowest BCUT2D eigenvalue weighted by Crippen LogP contribution is -2.28. The fraction of sp³-hybridized carbons (Fsp3) is 0.200. The quantitative estimate of drug-likeness (QED) is 0.654. The Kier molecular flexibility index (Phi) is 4.58. The summed E-state index contributed by atoms with van der Waals surface area (Å²) in [7, 11) is 5.83. The van der Waals surface area contributed by atoms with E-state index < -0.39 is 0 Å². The van der Waals surface area contributed by atoms with Crippen LogP contribution in [0.25, 0.3) is 22.7 Å². The Balaban J connectivity index is 2.44. The van der Waals surface area contributed by atoms with Gasteiger partial charge in [0, 0.05) is 37.8 Å². The molecule has 1 aliphatic rings. The Labute approximate surface area is 143 Å². The molecule has 4 heteroatoms. The highest BCUT2D eigenvalue weighted by Gasteiger charge is 2.22. The lowest BCUT2D eigenvalue weighted by Gasteiger charge is -2.26. The number of fused-ring (bicyclic) bond motifs is 2. The third-order valence-electron chi connectivity index (χ3n) is 4.44. The highest BCUT2D eigenvalue weighted by molar-refractivity contribution is 6.02. The maximum atomic E-state index is 3.40. The predicted molar refractivity (Wildman–Crippen MR) is 103 cm³/mol. The summed E-state index contributed by atoms with van der Waals surface area (Å²) in [6, 6.07) is 16.9. The van der Waals surface area contributed by atoms with Crippen molar-refractivity contribution in [2.45, 2.75) is 6.92 Å². The van der Waals surface area contributed by atoms with E-state index in [1.807, 2.05) is 21.1 Å². The van der Waals surface area contributed by atoms with Crippen molar-refractivity contribution in [3.05, 3.63) is 70.8 Å². The molecule has 4 N–H and O–H groups in total. The van der Waals surface area contributed by atoms with Crippen LogP contribution in [0.15, 0.2) is 48.5 Å². The molecule has 0 radical (unpaired) electrons. The van der Waals surface area contributed by atoms with Crippen LogP contribution in [-0.4, -0.2) is 21.1 Å². The van der Waals surface area contributed by atoms with Crippen LogP contribution in [0.4, 0.5) is 0 Å². The number of hydrogen-bond donors (Lipinski definition) is 4. The smallest absolute Gasteiger partial charge is 0.0660 e. The average molecular weight is 320 g/mol. The maximum Gasteiger partial charge on any atom is 0.0660 e. The molecule has 124 valence electrons. The minimum atomic E-state index is 1.09. The Bertz CT molecular complexity index is 818. The molecule has 0 amide bonds. The molecule has 0 aromatic heterocycles. The number of hydrazine groups is 1. The molecule has 0 aliphatic heterocycles. The molecule has 2 aromatic rings. The highest BCUT2D eigenvalue weighted by Crippen LogP contribution is 2.37. The summed E-state index contributed by atoms with van der Waals surface area (Å²) in [6.45, 7) is 2.16. The summed E-state index contributed by atoms with van der Waals surface area (Å²) >= 11 is 0. The second-order valence-corrected chi connectivity index (χ2v) is 5.72. The van der Waals surface area contributed by atoms with Gasteiger partial charge in [-0.15, -0.1) is 0 Å². The minimum absolute atomic E-state index is 1.09. The van der Waals surface area contributed by atoms with Gasteiger partial charge in [-0.3, -0.25) is 0 Å². The van der Waals surface area contributed by atoms with Gasteiger partial charge in [-0.05, 0) is 18.1 Å². The summed E-state index contributed by atoms with van der Waals surface area (Å²) in [5.74, 6) is 0. The van der Waals surface area contributed by atoms with Crippen molar-refractivity contribution in [1.82, 2.24) is 21.5 Å². The van der Waals surface area contributed by atoms with Crippen LogP contribution >= 0.6 is 0 Å². The molecule has 1 aliphatic carbocycles. The normalized spacial score (nSPS) is 19.7. The summed E-state index contributed by atoms with van der Waals surface area (Å²) in [6.07, 6.45) is 0. The predicted octanol–water partition coefficient (Wildman–Crippen LogP) is 2.88. The van der Waals surface area contributed by atoms with Crippen LogP contribution in [0.5, 0.6) is 0 Å². The van der Waals surface area contributed by atoms with Gasteiger partial charge in [0.2, 0.25) is 0 Å². The monoisotopic (exact) mass is 320 g/mol. The zero-order valence-electron chi connectivity index (χ0n) is 14.6. The molecule has 0 atom stereocenters. The van der Waals surface area contributed by atoms with E-state index in [9.17, 15) is 0 Å². The van der Waals surface area contributed by atoms with Gasteiger partial charge < -0.3 is 16.1 Å². The van der Waals surface area contributed by atoms with Crippen molar-refractivity contribution in [1.29, 1.82) is 0 Å². The van der Waals surface area contributed by atoms with Crippen molar-refractivity contribution in [3.8, 4) is 0 Å². The first-order valence-electron chi connectivity index (χ1n) is 8.15. The summed E-state index contributed by atoms with van der Waals surface area (Å²) in [5, 5.41) is 6.79. The number of benzene rings is 2. The van der Waals surface area contributed by atoms with Crippen molar-refractivity contribution in [2.75, 3.05) is 21.1 Å². The maximum absolute atomic E-state index is 3.40. The summed E-state index contributed by atoms with van der Waals surface area (Å²) in [4.78, 5) is 0. The second-order valence-electron chi connectivity index (χ2n) is 5.72. The van der Waals surface area contributed by atoms with Crippen molar-refractivity contribution < 1.29 is 0 Å². The zero-order chi connectivity index (χ0) is 17.1. The molecule has 0 heterocycles. The third kappa shape index (κ3) is 2.55. The third-order valence-corrected chi connectivity index (χ3v) is 4.44. The Morgan fingerprint density at radius 1 is 0.583 bits per heavy atom. The van der Waals surface area contributed by atoms with Gasteiger partial charge >= 0.3 is 0 Å². The first-order chi connectivity index (χ1) is 11.7. The van der Waals surface area contributed by atoms with Gasteiger partial charge in [0.1, 0.15) is 0 Å². The van der Waals surface area contributed by atoms with Crippen LogP contribution in [-0.2, 0) is 0 Å². The average Bonchev–Trinajstić information content (AvgIpc) is 2.63. The number of hydrogen-bond acceptors (Lipinski definition) is 4. The molecule has 24 heavy (non-hydrogen) atoms. The van der Waals surface area contributed by atoms with Crippen molar-refractivity contribution in [3.63, 3.8) is 0 Å². The molecule has 0 unspecified atom stereocenters. The van der Waals surface area contributed by atoms with E-state index in [0.717, 1.165) is 28.2 Å². The van der Waals surface area contributed by atoms with E-state index in [2.05, 4.69) is 76.9 Å². The van der Waals surface area contributed by atoms with Crippen LogP contribution in [0.1, 0.15) is 29.2 Å². The zero-order valence-corrected chi connectivity index (χ0v) is 14.6. The molecular formula is C20H24N4. The van der Waals surface area contributed by atoms with Crippen LogP contribution in [0, 0.1) is 0 Å². The highest BCUT2D eigenvalue weighted by atomic mass is 15.3. The van der Waals surface area contributed by atoms with E-state index >= 15 is 0 Å². The number of rotatable bonds is 4. The van der Waals surface area contributed by atoms with Gasteiger partial charge in [0.25, 0.3) is 0 Å². The molecular weight excluding hydrogens is 296 g/mol. The summed E-state index contributed by atoms with van der Waals surface area (Å²) < 4.78 is 0.